The molecule has 0 saturated carbocycles. The standard InChI is InChI=1S/C18H23N3O3/c22-16-9-12-20(13-10-19-16)18(24)15-8-4-5-11-21(15)17(23)14-6-2-1-3-7-14/h1-3,6-7,15H,4-5,8-13H2,(H,19,22). The number of hydrogen-bond donors (Lipinski definition) is 1. The summed E-state index contributed by atoms with van der Waals surface area (Å²) in [5, 5.41) is 2.78. The lowest BCUT2D eigenvalue weighted by Gasteiger charge is -2.37. The molecule has 24 heavy (non-hydrogen) atoms. The zero-order valence-corrected chi connectivity index (χ0v) is 13.7. The molecule has 0 bridgehead atoms. The van der Waals surface area contributed by atoms with Gasteiger partial charge in [0.1, 0.15) is 6.04 Å². The number of piperidine rings is 1. The van der Waals surface area contributed by atoms with E-state index in [-0.39, 0.29) is 17.7 Å². The highest BCUT2D eigenvalue weighted by Crippen LogP contribution is 2.22. The summed E-state index contributed by atoms with van der Waals surface area (Å²) in [5.41, 5.74) is 0.616. The summed E-state index contributed by atoms with van der Waals surface area (Å²) >= 11 is 0. The van der Waals surface area contributed by atoms with Gasteiger partial charge in [-0.3, -0.25) is 14.4 Å². The zero-order valence-electron chi connectivity index (χ0n) is 13.7. The van der Waals surface area contributed by atoms with Gasteiger partial charge in [-0.2, -0.15) is 0 Å². The van der Waals surface area contributed by atoms with Crippen molar-refractivity contribution in [2.75, 3.05) is 26.2 Å². The van der Waals surface area contributed by atoms with Gasteiger partial charge in [-0.05, 0) is 31.4 Å². The van der Waals surface area contributed by atoms with Crippen molar-refractivity contribution in [3.05, 3.63) is 35.9 Å². The summed E-state index contributed by atoms with van der Waals surface area (Å²) < 4.78 is 0. The van der Waals surface area contributed by atoms with Gasteiger partial charge in [0.25, 0.3) is 5.91 Å². The Hall–Kier alpha value is -2.37. The van der Waals surface area contributed by atoms with Crippen LogP contribution in [0.5, 0.6) is 0 Å². The van der Waals surface area contributed by atoms with E-state index in [1.54, 1.807) is 21.9 Å². The summed E-state index contributed by atoms with van der Waals surface area (Å²) in [6.45, 7) is 2.02. The second-order valence-corrected chi connectivity index (χ2v) is 6.30. The second-order valence-electron chi connectivity index (χ2n) is 6.30. The predicted octanol–water partition coefficient (Wildman–Crippen LogP) is 1.03. The Morgan fingerprint density at radius 2 is 1.83 bits per heavy atom. The summed E-state index contributed by atoms with van der Waals surface area (Å²) in [4.78, 5) is 40.7. The molecule has 6 nitrogen and oxygen atoms in total. The van der Waals surface area contributed by atoms with Crippen LogP contribution in [0.15, 0.2) is 30.3 Å². The monoisotopic (exact) mass is 329 g/mol. The quantitative estimate of drug-likeness (QED) is 0.881. The van der Waals surface area contributed by atoms with Crippen LogP contribution < -0.4 is 5.32 Å². The molecule has 1 aromatic carbocycles. The van der Waals surface area contributed by atoms with Gasteiger partial charge in [-0.15, -0.1) is 0 Å². The Bertz CT molecular complexity index is 617. The first-order valence-corrected chi connectivity index (χ1v) is 8.58. The molecule has 1 unspecified atom stereocenters. The Kier molecular flexibility index (Phi) is 5.13. The minimum absolute atomic E-state index is 0.0221. The molecule has 6 heteroatoms. The van der Waals surface area contributed by atoms with Crippen LogP contribution in [0, 0.1) is 0 Å². The summed E-state index contributed by atoms with van der Waals surface area (Å²) in [5.74, 6) is -0.140. The van der Waals surface area contributed by atoms with Gasteiger partial charge < -0.3 is 15.1 Å². The fourth-order valence-corrected chi connectivity index (χ4v) is 3.38. The third-order valence-electron chi connectivity index (χ3n) is 4.69. The van der Waals surface area contributed by atoms with Crippen LogP contribution in [0.2, 0.25) is 0 Å². The van der Waals surface area contributed by atoms with E-state index in [2.05, 4.69) is 5.32 Å². The van der Waals surface area contributed by atoms with E-state index in [9.17, 15) is 14.4 Å². The van der Waals surface area contributed by atoms with Gasteiger partial charge >= 0.3 is 0 Å². The van der Waals surface area contributed by atoms with E-state index < -0.39 is 6.04 Å². The van der Waals surface area contributed by atoms with Crippen LogP contribution in [-0.2, 0) is 9.59 Å². The third kappa shape index (κ3) is 3.58. The molecule has 1 atom stereocenters. The first kappa shape index (κ1) is 16.5. The van der Waals surface area contributed by atoms with Crippen LogP contribution in [0.4, 0.5) is 0 Å². The average Bonchev–Trinajstić information content (AvgIpc) is 2.86. The van der Waals surface area contributed by atoms with Gasteiger partial charge in [-0.25, -0.2) is 0 Å². The molecule has 128 valence electrons. The molecule has 3 amide bonds. The minimum Gasteiger partial charge on any atom is -0.354 e. The van der Waals surface area contributed by atoms with Crippen LogP contribution in [0.3, 0.4) is 0 Å². The van der Waals surface area contributed by atoms with E-state index in [4.69, 9.17) is 0 Å². The highest BCUT2D eigenvalue weighted by molar-refractivity contribution is 5.97. The number of hydrogen-bond acceptors (Lipinski definition) is 3. The third-order valence-corrected chi connectivity index (χ3v) is 4.69. The number of benzene rings is 1. The van der Waals surface area contributed by atoms with Crippen LogP contribution in [0.1, 0.15) is 36.0 Å². The SMILES string of the molecule is O=C1CCN(C(=O)C2CCCCN2C(=O)c2ccccc2)CCN1. The normalized spacial score (nSPS) is 21.8. The highest BCUT2D eigenvalue weighted by Gasteiger charge is 2.35. The average molecular weight is 329 g/mol. The molecule has 1 aromatic rings. The van der Waals surface area contributed by atoms with Crippen molar-refractivity contribution in [2.24, 2.45) is 0 Å². The van der Waals surface area contributed by atoms with Crippen molar-refractivity contribution in [2.45, 2.75) is 31.7 Å². The van der Waals surface area contributed by atoms with Gasteiger partial charge in [0.2, 0.25) is 11.8 Å². The predicted molar refractivity (Wildman–Crippen MR) is 89.3 cm³/mol. The lowest BCUT2D eigenvalue weighted by Crippen LogP contribution is -2.53. The maximum absolute atomic E-state index is 13.0. The lowest BCUT2D eigenvalue weighted by atomic mass is 9.99. The smallest absolute Gasteiger partial charge is 0.254 e. The van der Waals surface area contributed by atoms with E-state index >= 15 is 0 Å². The molecular formula is C18H23N3O3. The van der Waals surface area contributed by atoms with Gasteiger partial charge in [0.05, 0.1) is 0 Å². The molecule has 0 aromatic heterocycles. The van der Waals surface area contributed by atoms with E-state index in [0.717, 1.165) is 12.8 Å². The van der Waals surface area contributed by atoms with Crippen LogP contribution >= 0.6 is 0 Å². The lowest BCUT2D eigenvalue weighted by molar-refractivity contribution is -0.137. The topological polar surface area (TPSA) is 69.7 Å². The molecule has 3 rings (SSSR count). The molecular weight excluding hydrogens is 306 g/mol. The van der Waals surface area contributed by atoms with Gasteiger partial charge in [0.15, 0.2) is 0 Å². The van der Waals surface area contributed by atoms with E-state index in [1.165, 1.54) is 0 Å². The van der Waals surface area contributed by atoms with Crippen LogP contribution in [-0.4, -0.2) is 59.7 Å². The largest absolute Gasteiger partial charge is 0.354 e. The molecule has 2 aliphatic heterocycles. The van der Waals surface area contributed by atoms with Gasteiger partial charge in [0, 0.05) is 38.2 Å². The van der Waals surface area contributed by atoms with E-state index in [1.807, 2.05) is 18.2 Å². The summed E-state index contributed by atoms with van der Waals surface area (Å²) in [6, 6.07) is 8.69. The zero-order chi connectivity index (χ0) is 16.9. The number of likely N-dealkylation sites (tertiary alicyclic amines) is 1. The van der Waals surface area contributed by atoms with Crippen molar-refractivity contribution in [3.63, 3.8) is 0 Å². The number of amides is 3. The number of carbonyl (C=O) groups excluding carboxylic acids is 3. The summed E-state index contributed by atoms with van der Waals surface area (Å²) in [7, 11) is 0. The molecule has 1 N–H and O–H groups in total. The molecule has 2 fully saturated rings. The number of nitrogens with one attached hydrogen (secondary N) is 1. The fourth-order valence-electron chi connectivity index (χ4n) is 3.38. The Labute approximate surface area is 141 Å². The summed E-state index contributed by atoms with van der Waals surface area (Å²) in [6.07, 6.45) is 2.88. The molecule has 0 spiro atoms. The highest BCUT2D eigenvalue weighted by atomic mass is 16.2. The molecule has 0 aliphatic carbocycles. The maximum Gasteiger partial charge on any atom is 0.254 e. The number of nitrogens with zero attached hydrogens (tertiary/aromatic N) is 2. The second kappa shape index (κ2) is 7.47. The Morgan fingerprint density at radius 1 is 1.04 bits per heavy atom. The minimum atomic E-state index is -0.417. The molecule has 2 saturated heterocycles. The van der Waals surface area contributed by atoms with E-state index in [0.29, 0.717) is 44.6 Å². The Balaban J connectivity index is 1.75. The molecule has 2 heterocycles. The molecule has 2 aliphatic rings. The maximum atomic E-state index is 13.0. The van der Waals surface area contributed by atoms with Gasteiger partial charge in [-0.1, -0.05) is 18.2 Å². The Morgan fingerprint density at radius 3 is 2.62 bits per heavy atom. The van der Waals surface area contributed by atoms with Crippen molar-refractivity contribution >= 4 is 17.7 Å². The number of carbonyl (C=O) groups is 3. The van der Waals surface area contributed by atoms with Crippen molar-refractivity contribution in [1.29, 1.82) is 0 Å². The molecule has 0 radical (unpaired) electrons. The van der Waals surface area contributed by atoms with Crippen molar-refractivity contribution in [3.8, 4) is 0 Å². The first-order chi connectivity index (χ1) is 11.7. The number of rotatable bonds is 2. The first-order valence-electron chi connectivity index (χ1n) is 8.58. The van der Waals surface area contributed by atoms with Crippen LogP contribution in [0.25, 0.3) is 0 Å². The van der Waals surface area contributed by atoms with Crippen molar-refractivity contribution < 1.29 is 14.4 Å². The fraction of sp³-hybridized carbons (Fsp3) is 0.500. The van der Waals surface area contributed by atoms with Crippen molar-refractivity contribution in [1.82, 2.24) is 15.1 Å².